The lowest BCUT2D eigenvalue weighted by molar-refractivity contribution is 0.0955. The number of rotatable bonds is 4. The van der Waals surface area contributed by atoms with Crippen LogP contribution in [0.3, 0.4) is 0 Å². The molecule has 1 aromatic heterocycles. The van der Waals surface area contributed by atoms with Gasteiger partial charge in [0.15, 0.2) is 0 Å². The summed E-state index contributed by atoms with van der Waals surface area (Å²) in [6.07, 6.45) is 1.83. The van der Waals surface area contributed by atoms with Crippen molar-refractivity contribution in [3.8, 4) is 5.75 Å². The average Bonchev–Trinajstić information content (AvgIpc) is 2.94. The number of para-hydroxylation sites is 1. The highest BCUT2D eigenvalue weighted by atomic mass is 16.5. The van der Waals surface area contributed by atoms with Crippen LogP contribution in [-0.2, 0) is 6.54 Å². The van der Waals surface area contributed by atoms with E-state index in [-0.39, 0.29) is 5.91 Å². The van der Waals surface area contributed by atoms with Crippen molar-refractivity contribution in [2.24, 2.45) is 5.84 Å². The summed E-state index contributed by atoms with van der Waals surface area (Å²) in [7, 11) is 1.65. The van der Waals surface area contributed by atoms with E-state index in [2.05, 4.69) is 5.43 Å². The Kier molecular flexibility index (Phi) is 3.80. The van der Waals surface area contributed by atoms with Crippen LogP contribution < -0.4 is 16.0 Å². The third kappa shape index (κ3) is 2.54. The fourth-order valence-corrected chi connectivity index (χ4v) is 2.56. The quantitative estimate of drug-likeness (QED) is 0.441. The van der Waals surface area contributed by atoms with Gasteiger partial charge in [-0.2, -0.15) is 0 Å². The highest BCUT2D eigenvalue weighted by Gasteiger charge is 2.13. The van der Waals surface area contributed by atoms with Crippen molar-refractivity contribution >= 4 is 16.8 Å². The van der Waals surface area contributed by atoms with Crippen LogP contribution >= 0.6 is 0 Å². The molecule has 0 saturated heterocycles. The normalized spacial score (nSPS) is 10.6. The zero-order chi connectivity index (χ0) is 15.5. The van der Waals surface area contributed by atoms with Crippen LogP contribution in [0.4, 0.5) is 0 Å². The number of carbonyl (C=O) groups excluding carboxylic acids is 1. The van der Waals surface area contributed by atoms with Crippen LogP contribution in [0.15, 0.2) is 54.7 Å². The summed E-state index contributed by atoms with van der Waals surface area (Å²) in [5.41, 5.74) is 4.90. The van der Waals surface area contributed by atoms with Crippen molar-refractivity contribution < 1.29 is 9.53 Å². The van der Waals surface area contributed by atoms with Gasteiger partial charge >= 0.3 is 0 Å². The number of carbonyl (C=O) groups is 1. The van der Waals surface area contributed by atoms with Gasteiger partial charge in [-0.3, -0.25) is 10.2 Å². The molecule has 0 bridgehead atoms. The summed E-state index contributed by atoms with van der Waals surface area (Å²) >= 11 is 0. The zero-order valence-corrected chi connectivity index (χ0v) is 12.2. The minimum absolute atomic E-state index is 0.287. The molecule has 5 nitrogen and oxygen atoms in total. The molecule has 0 spiro atoms. The first kappa shape index (κ1) is 14.2. The van der Waals surface area contributed by atoms with E-state index in [1.165, 1.54) is 0 Å². The van der Waals surface area contributed by atoms with E-state index < -0.39 is 0 Å². The number of fused-ring (bicyclic) bond motifs is 1. The van der Waals surface area contributed by atoms with E-state index in [0.29, 0.717) is 12.1 Å². The maximum Gasteiger partial charge on any atom is 0.267 e. The predicted molar refractivity (Wildman–Crippen MR) is 85.7 cm³/mol. The van der Waals surface area contributed by atoms with E-state index in [4.69, 9.17) is 10.6 Å². The Morgan fingerprint density at radius 2 is 1.91 bits per heavy atom. The van der Waals surface area contributed by atoms with Gasteiger partial charge in [0.1, 0.15) is 5.75 Å². The van der Waals surface area contributed by atoms with Gasteiger partial charge in [-0.15, -0.1) is 0 Å². The Hall–Kier alpha value is -2.79. The van der Waals surface area contributed by atoms with Crippen LogP contribution in [0, 0.1) is 0 Å². The minimum Gasteiger partial charge on any atom is -0.497 e. The van der Waals surface area contributed by atoms with E-state index in [9.17, 15) is 4.79 Å². The molecule has 0 aliphatic rings. The highest BCUT2D eigenvalue weighted by molar-refractivity contribution is 6.06. The molecule has 3 rings (SSSR count). The van der Waals surface area contributed by atoms with Gasteiger partial charge in [-0.1, -0.05) is 30.3 Å². The van der Waals surface area contributed by atoms with Crippen molar-refractivity contribution in [3.05, 3.63) is 65.9 Å². The van der Waals surface area contributed by atoms with Gasteiger partial charge in [0, 0.05) is 23.6 Å². The number of amides is 1. The fraction of sp³-hybridized carbons (Fsp3) is 0.118. The first-order valence-electron chi connectivity index (χ1n) is 6.94. The number of nitrogens with one attached hydrogen (secondary N) is 1. The summed E-state index contributed by atoms with van der Waals surface area (Å²) in [4.78, 5) is 11.9. The van der Waals surface area contributed by atoms with Gasteiger partial charge in [0.25, 0.3) is 5.91 Å². The number of hydrazine groups is 1. The van der Waals surface area contributed by atoms with Crippen LogP contribution in [0.2, 0.25) is 0 Å². The summed E-state index contributed by atoms with van der Waals surface area (Å²) in [5.74, 6) is 5.80. The molecule has 112 valence electrons. The Balaban J connectivity index is 2.01. The van der Waals surface area contributed by atoms with Gasteiger partial charge in [0.05, 0.1) is 12.7 Å². The van der Waals surface area contributed by atoms with E-state index in [1.807, 2.05) is 59.3 Å². The number of hydrogen-bond donors (Lipinski definition) is 2. The monoisotopic (exact) mass is 295 g/mol. The smallest absolute Gasteiger partial charge is 0.267 e. The maximum atomic E-state index is 11.9. The van der Waals surface area contributed by atoms with Gasteiger partial charge in [0.2, 0.25) is 0 Å². The number of benzene rings is 2. The standard InChI is InChI=1S/C17H17N3O2/c1-22-13-8-6-12(7-9-13)10-20-11-15(17(21)19-18)14-4-2-3-5-16(14)20/h2-9,11H,10,18H2,1H3,(H,19,21). The third-order valence-corrected chi connectivity index (χ3v) is 3.68. The molecule has 0 unspecified atom stereocenters. The molecular weight excluding hydrogens is 278 g/mol. The summed E-state index contributed by atoms with van der Waals surface area (Å²) < 4.78 is 7.21. The summed E-state index contributed by atoms with van der Waals surface area (Å²) in [6, 6.07) is 15.6. The molecule has 3 N–H and O–H groups in total. The first-order valence-corrected chi connectivity index (χ1v) is 6.94. The Morgan fingerprint density at radius 1 is 1.18 bits per heavy atom. The third-order valence-electron chi connectivity index (χ3n) is 3.68. The second kappa shape index (κ2) is 5.91. The van der Waals surface area contributed by atoms with Crippen LogP contribution in [0.1, 0.15) is 15.9 Å². The molecule has 5 heteroatoms. The minimum atomic E-state index is -0.287. The second-order valence-electron chi connectivity index (χ2n) is 5.01. The molecule has 0 fully saturated rings. The molecule has 3 aromatic rings. The predicted octanol–water partition coefficient (Wildman–Crippen LogP) is 2.30. The zero-order valence-electron chi connectivity index (χ0n) is 12.2. The SMILES string of the molecule is COc1ccc(Cn2cc(C(=O)NN)c3ccccc32)cc1. The maximum absolute atomic E-state index is 11.9. The molecule has 0 atom stereocenters. The summed E-state index contributed by atoms with van der Waals surface area (Å²) in [6.45, 7) is 0.669. The van der Waals surface area contributed by atoms with Gasteiger partial charge in [-0.25, -0.2) is 5.84 Å². The van der Waals surface area contributed by atoms with Crippen molar-refractivity contribution in [3.63, 3.8) is 0 Å². The lowest BCUT2D eigenvalue weighted by Gasteiger charge is -2.06. The molecular formula is C17H17N3O2. The average molecular weight is 295 g/mol. The first-order chi connectivity index (χ1) is 10.7. The van der Waals surface area contributed by atoms with E-state index in [0.717, 1.165) is 22.2 Å². The van der Waals surface area contributed by atoms with Crippen molar-refractivity contribution in [1.82, 2.24) is 9.99 Å². The van der Waals surface area contributed by atoms with Crippen LogP contribution in [0.5, 0.6) is 5.75 Å². The molecule has 0 aliphatic heterocycles. The van der Waals surface area contributed by atoms with E-state index in [1.54, 1.807) is 7.11 Å². The van der Waals surface area contributed by atoms with Gasteiger partial charge in [-0.05, 0) is 23.8 Å². The van der Waals surface area contributed by atoms with E-state index >= 15 is 0 Å². The Labute approximate surface area is 128 Å². The molecule has 1 amide bonds. The Bertz CT molecular complexity index is 806. The lowest BCUT2D eigenvalue weighted by Crippen LogP contribution is -2.29. The van der Waals surface area contributed by atoms with Crippen molar-refractivity contribution in [2.45, 2.75) is 6.54 Å². The topological polar surface area (TPSA) is 69.3 Å². The number of nitrogen functional groups attached to an aromatic ring is 1. The number of nitrogens with two attached hydrogens (primary N) is 1. The van der Waals surface area contributed by atoms with Crippen molar-refractivity contribution in [1.29, 1.82) is 0 Å². The van der Waals surface area contributed by atoms with Crippen LogP contribution in [-0.4, -0.2) is 17.6 Å². The largest absolute Gasteiger partial charge is 0.497 e. The molecule has 0 aliphatic carbocycles. The van der Waals surface area contributed by atoms with Gasteiger partial charge < -0.3 is 9.30 Å². The molecule has 22 heavy (non-hydrogen) atoms. The summed E-state index contributed by atoms with van der Waals surface area (Å²) in [5, 5.41) is 0.888. The number of ether oxygens (including phenoxy) is 1. The molecule has 0 radical (unpaired) electrons. The van der Waals surface area contributed by atoms with Crippen molar-refractivity contribution in [2.75, 3.05) is 7.11 Å². The molecule has 1 heterocycles. The Morgan fingerprint density at radius 3 is 2.59 bits per heavy atom. The number of hydrogen-bond acceptors (Lipinski definition) is 3. The lowest BCUT2D eigenvalue weighted by atomic mass is 10.1. The number of methoxy groups -OCH3 is 1. The molecule has 2 aromatic carbocycles. The fourth-order valence-electron chi connectivity index (χ4n) is 2.56. The number of nitrogens with zero attached hydrogens (tertiary/aromatic N) is 1. The molecule has 0 saturated carbocycles. The highest BCUT2D eigenvalue weighted by Crippen LogP contribution is 2.23. The van der Waals surface area contributed by atoms with Crippen LogP contribution in [0.25, 0.3) is 10.9 Å². The second-order valence-corrected chi connectivity index (χ2v) is 5.01. The number of aromatic nitrogens is 1.